The molecule has 0 saturated heterocycles. The maximum atomic E-state index is 14.0. The fraction of sp³-hybridized carbons (Fsp3) is 0.0667. The quantitative estimate of drug-likeness (QED) is 0.787. The molecule has 0 unspecified atom stereocenters. The van der Waals surface area contributed by atoms with E-state index in [0.29, 0.717) is 16.9 Å². The highest BCUT2D eigenvalue weighted by Gasteiger charge is 2.15. The van der Waals surface area contributed by atoms with Gasteiger partial charge in [-0.3, -0.25) is 4.57 Å². The number of imidazole rings is 1. The number of carboxylic acids is 1. The van der Waals surface area contributed by atoms with Gasteiger partial charge in [-0.1, -0.05) is 0 Å². The van der Waals surface area contributed by atoms with E-state index >= 15 is 0 Å². The molecule has 3 rings (SSSR count). The molecule has 6 heteroatoms. The minimum atomic E-state index is -1.10. The van der Waals surface area contributed by atoms with Crippen LogP contribution in [-0.2, 0) is 0 Å². The summed E-state index contributed by atoms with van der Waals surface area (Å²) in [6, 6.07) is 7.45. The van der Waals surface area contributed by atoms with Crippen LogP contribution in [0.2, 0.25) is 0 Å². The van der Waals surface area contributed by atoms with Crippen molar-refractivity contribution >= 4 is 17.0 Å². The zero-order valence-electron chi connectivity index (χ0n) is 11.0. The third-order valence-corrected chi connectivity index (χ3v) is 3.22. The summed E-state index contributed by atoms with van der Waals surface area (Å²) in [6.45, 7) is 1.64. The Morgan fingerprint density at radius 1 is 1.19 bits per heavy atom. The largest absolute Gasteiger partial charge is 0.478 e. The van der Waals surface area contributed by atoms with Crippen LogP contribution in [0.15, 0.2) is 36.4 Å². The lowest BCUT2D eigenvalue weighted by atomic mass is 10.2. The molecule has 21 heavy (non-hydrogen) atoms. The number of aryl methyl sites for hydroxylation is 1. The summed E-state index contributed by atoms with van der Waals surface area (Å²) in [6.07, 6.45) is 0. The van der Waals surface area contributed by atoms with Crippen LogP contribution in [0, 0.1) is 18.6 Å². The summed E-state index contributed by atoms with van der Waals surface area (Å²) in [7, 11) is 0. The van der Waals surface area contributed by atoms with E-state index in [2.05, 4.69) is 4.98 Å². The Kier molecular flexibility index (Phi) is 2.94. The van der Waals surface area contributed by atoms with Gasteiger partial charge in [0.25, 0.3) is 0 Å². The first-order chi connectivity index (χ1) is 9.97. The van der Waals surface area contributed by atoms with Gasteiger partial charge in [0.05, 0.1) is 22.3 Å². The minimum Gasteiger partial charge on any atom is -0.478 e. The van der Waals surface area contributed by atoms with E-state index in [1.165, 1.54) is 16.7 Å². The maximum Gasteiger partial charge on any atom is 0.335 e. The van der Waals surface area contributed by atoms with E-state index in [-0.39, 0.29) is 11.3 Å². The van der Waals surface area contributed by atoms with Crippen molar-refractivity contribution in [3.63, 3.8) is 0 Å². The number of carbonyl (C=O) groups is 1. The molecule has 0 aliphatic carbocycles. The molecule has 0 saturated carbocycles. The van der Waals surface area contributed by atoms with Gasteiger partial charge in [0.1, 0.15) is 17.5 Å². The van der Waals surface area contributed by atoms with Crippen LogP contribution in [0.25, 0.3) is 16.7 Å². The van der Waals surface area contributed by atoms with Gasteiger partial charge in [-0.25, -0.2) is 18.6 Å². The predicted molar refractivity (Wildman–Crippen MR) is 72.7 cm³/mol. The molecule has 4 nitrogen and oxygen atoms in total. The first-order valence-corrected chi connectivity index (χ1v) is 6.15. The first kappa shape index (κ1) is 13.2. The Labute approximate surface area is 118 Å². The number of aromatic carboxylic acids is 1. The number of fused-ring (bicyclic) bond motifs is 1. The summed E-state index contributed by atoms with van der Waals surface area (Å²) >= 11 is 0. The fourth-order valence-corrected chi connectivity index (χ4v) is 2.29. The van der Waals surface area contributed by atoms with Gasteiger partial charge >= 0.3 is 5.97 Å². The van der Waals surface area contributed by atoms with Crippen LogP contribution in [0.3, 0.4) is 0 Å². The molecule has 0 spiro atoms. The molecule has 0 aliphatic rings. The van der Waals surface area contributed by atoms with E-state index < -0.39 is 17.6 Å². The number of halogens is 2. The van der Waals surface area contributed by atoms with Crippen LogP contribution in [0.4, 0.5) is 8.78 Å². The van der Waals surface area contributed by atoms with Gasteiger partial charge in [-0.15, -0.1) is 0 Å². The lowest BCUT2D eigenvalue weighted by Gasteiger charge is -2.08. The minimum absolute atomic E-state index is 0.00228. The summed E-state index contributed by atoms with van der Waals surface area (Å²) < 4.78 is 28.8. The molecule has 0 atom stereocenters. The lowest BCUT2D eigenvalue weighted by molar-refractivity contribution is 0.0697. The van der Waals surface area contributed by atoms with Crippen molar-refractivity contribution in [1.82, 2.24) is 9.55 Å². The molecule has 1 aromatic heterocycles. The highest BCUT2D eigenvalue weighted by atomic mass is 19.1. The maximum absolute atomic E-state index is 14.0. The molecule has 0 aliphatic heterocycles. The zero-order valence-corrected chi connectivity index (χ0v) is 11.0. The number of carboxylic acid groups (broad SMARTS) is 1. The van der Waals surface area contributed by atoms with Gasteiger partial charge in [0.15, 0.2) is 0 Å². The molecule has 2 aromatic carbocycles. The van der Waals surface area contributed by atoms with E-state index in [1.807, 2.05) is 0 Å². The van der Waals surface area contributed by atoms with E-state index in [0.717, 1.165) is 18.2 Å². The number of hydrogen-bond acceptors (Lipinski definition) is 2. The highest BCUT2D eigenvalue weighted by molar-refractivity contribution is 5.93. The molecule has 0 radical (unpaired) electrons. The molecule has 1 N–H and O–H groups in total. The highest BCUT2D eigenvalue weighted by Crippen LogP contribution is 2.24. The Morgan fingerprint density at radius 3 is 2.67 bits per heavy atom. The van der Waals surface area contributed by atoms with E-state index in [4.69, 9.17) is 5.11 Å². The smallest absolute Gasteiger partial charge is 0.335 e. The SMILES string of the molecule is Cc1nc2ccc(C(=O)O)cc2n1-c1cc(F)ccc1F. The normalized spacial score (nSPS) is 11.0. The van der Waals surface area contributed by atoms with E-state index in [9.17, 15) is 13.6 Å². The Balaban J connectivity index is 2.35. The van der Waals surface area contributed by atoms with E-state index in [1.54, 1.807) is 13.0 Å². The number of rotatable bonds is 2. The van der Waals surface area contributed by atoms with Gasteiger partial charge in [0.2, 0.25) is 0 Å². The van der Waals surface area contributed by atoms with Crippen LogP contribution in [0.1, 0.15) is 16.2 Å². The molecule has 1 heterocycles. The molecule has 0 amide bonds. The topological polar surface area (TPSA) is 55.1 Å². The summed E-state index contributed by atoms with van der Waals surface area (Å²) in [4.78, 5) is 15.3. The first-order valence-electron chi connectivity index (χ1n) is 6.15. The second-order valence-corrected chi connectivity index (χ2v) is 4.60. The average Bonchev–Trinajstić information content (AvgIpc) is 2.76. The Hall–Kier alpha value is -2.76. The Morgan fingerprint density at radius 2 is 1.95 bits per heavy atom. The molecular weight excluding hydrogens is 278 g/mol. The summed E-state index contributed by atoms with van der Waals surface area (Å²) in [5.74, 6) is -1.85. The van der Waals surface area contributed by atoms with Crippen molar-refractivity contribution in [2.45, 2.75) is 6.92 Å². The number of aromatic nitrogens is 2. The van der Waals surface area contributed by atoms with Crippen molar-refractivity contribution in [2.75, 3.05) is 0 Å². The summed E-state index contributed by atoms with van der Waals surface area (Å²) in [5.41, 5.74) is 0.982. The fourth-order valence-electron chi connectivity index (χ4n) is 2.29. The van der Waals surface area contributed by atoms with Crippen molar-refractivity contribution in [3.05, 3.63) is 59.4 Å². The zero-order chi connectivity index (χ0) is 15.1. The van der Waals surface area contributed by atoms with Crippen LogP contribution < -0.4 is 0 Å². The number of hydrogen-bond donors (Lipinski definition) is 1. The molecule has 3 aromatic rings. The average molecular weight is 288 g/mol. The Bertz CT molecular complexity index is 871. The van der Waals surface area contributed by atoms with Crippen LogP contribution in [-0.4, -0.2) is 20.6 Å². The molecular formula is C15H10F2N2O2. The number of nitrogens with zero attached hydrogens (tertiary/aromatic N) is 2. The van der Waals surface area contributed by atoms with Crippen molar-refractivity contribution in [2.24, 2.45) is 0 Å². The van der Waals surface area contributed by atoms with Gasteiger partial charge in [-0.05, 0) is 37.3 Å². The summed E-state index contributed by atoms with van der Waals surface area (Å²) in [5, 5.41) is 9.05. The second-order valence-electron chi connectivity index (χ2n) is 4.60. The molecule has 0 fully saturated rings. The standard InChI is InChI=1S/C15H10F2N2O2/c1-8-18-12-5-2-9(15(20)21)6-14(12)19(8)13-7-10(16)3-4-11(13)17/h2-7H,1H3,(H,20,21). The lowest BCUT2D eigenvalue weighted by Crippen LogP contribution is -2.02. The van der Waals surface area contributed by atoms with Gasteiger partial charge in [-0.2, -0.15) is 0 Å². The van der Waals surface area contributed by atoms with Gasteiger partial charge < -0.3 is 5.11 Å². The second kappa shape index (κ2) is 4.66. The van der Waals surface area contributed by atoms with Gasteiger partial charge in [0, 0.05) is 6.07 Å². The predicted octanol–water partition coefficient (Wildman–Crippen LogP) is 3.31. The number of benzene rings is 2. The third kappa shape index (κ3) is 2.14. The van der Waals surface area contributed by atoms with Crippen molar-refractivity contribution in [1.29, 1.82) is 0 Å². The van der Waals surface area contributed by atoms with Crippen molar-refractivity contribution in [3.8, 4) is 5.69 Å². The molecule has 0 bridgehead atoms. The van der Waals surface area contributed by atoms with Crippen LogP contribution in [0.5, 0.6) is 0 Å². The molecule has 106 valence electrons. The third-order valence-electron chi connectivity index (χ3n) is 3.22. The monoisotopic (exact) mass is 288 g/mol. The van der Waals surface area contributed by atoms with Crippen LogP contribution >= 0.6 is 0 Å². The van der Waals surface area contributed by atoms with Crippen molar-refractivity contribution < 1.29 is 18.7 Å².